The highest BCUT2D eigenvalue weighted by atomic mass is 127. The first-order valence-electron chi connectivity index (χ1n) is 45.7. The summed E-state index contributed by atoms with van der Waals surface area (Å²) in [6.45, 7) is 9.24. The summed E-state index contributed by atoms with van der Waals surface area (Å²) in [6, 6.07) is 62.6. The van der Waals surface area contributed by atoms with Crippen molar-refractivity contribution in [3.05, 3.63) is 324 Å². The lowest BCUT2D eigenvalue weighted by Crippen LogP contribution is -2.13. The Morgan fingerprint density at radius 3 is 0.923 bits per heavy atom. The maximum Gasteiger partial charge on any atom is 0.338 e. The summed E-state index contributed by atoms with van der Waals surface area (Å²) >= 11 is 4.38. The van der Waals surface area contributed by atoms with Crippen LogP contribution in [0.3, 0.4) is 0 Å². The molecular weight excluding hydrogens is 2060 g/mol. The average Bonchev–Trinajstić information content (AvgIpc) is 1.70. The predicted octanol–water partition coefficient (Wildman–Crippen LogP) is 23.7. The zero-order chi connectivity index (χ0) is 103. The number of nitrogens with one attached hydrogen (secondary N) is 2. The molecule has 6 N–H and O–H groups in total. The first kappa shape index (κ1) is 112. The van der Waals surface area contributed by atoms with E-state index < -0.39 is 0 Å². The van der Waals surface area contributed by atoms with Crippen molar-refractivity contribution in [2.45, 2.75) is 96.1 Å². The van der Waals surface area contributed by atoms with Crippen LogP contribution >= 0.6 is 45.2 Å². The van der Waals surface area contributed by atoms with Gasteiger partial charge in [0.15, 0.2) is 57.5 Å². The second-order valence-electron chi connectivity index (χ2n) is 30.8. The molecule has 5 aliphatic heterocycles. The number of para-hydroxylation sites is 4. The molecule has 2 amide bonds. The number of ether oxygens (including phenoxy) is 22. The van der Waals surface area contributed by atoms with E-state index in [4.69, 9.17) is 116 Å². The lowest BCUT2D eigenvalue weighted by atomic mass is 10.0. The fraction of sp³-hybridized carbons (Fsp3) is 0.297. The number of methoxy groups -OCH3 is 15. The average molecular weight is 2190 g/mol. The maximum atomic E-state index is 12.6. The van der Waals surface area contributed by atoms with Gasteiger partial charge in [0.2, 0.25) is 28.7 Å². The van der Waals surface area contributed by atoms with Gasteiger partial charge in [0.1, 0.15) is 30.5 Å². The van der Waals surface area contributed by atoms with E-state index in [1.54, 1.807) is 206 Å². The van der Waals surface area contributed by atoms with E-state index >= 15 is 0 Å². The Hall–Kier alpha value is -14.2. The second kappa shape index (κ2) is 58.3. The van der Waals surface area contributed by atoms with Gasteiger partial charge in [-0.25, -0.2) is 9.59 Å². The van der Waals surface area contributed by atoms with Crippen LogP contribution in [0.25, 0.3) is 0 Å². The summed E-state index contributed by atoms with van der Waals surface area (Å²) in [5.41, 5.74) is 23.0. The molecule has 0 bridgehead atoms. The van der Waals surface area contributed by atoms with E-state index in [-0.39, 0.29) is 66.5 Å². The van der Waals surface area contributed by atoms with Gasteiger partial charge in [0.25, 0.3) is 11.8 Å². The molecule has 0 saturated carbocycles. The monoisotopic (exact) mass is 2180 g/mol. The van der Waals surface area contributed by atoms with E-state index in [9.17, 15) is 19.2 Å². The molecule has 0 spiro atoms. The largest absolute Gasteiger partial charge is 0.501 e. The van der Waals surface area contributed by atoms with Crippen LogP contribution in [0.4, 0.5) is 22.7 Å². The summed E-state index contributed by atoms with van der Waals surface area (Å²) in [4.78, 5) is 48.1. The number of hydrogen-bond acceptors (Lipinski definition) is 28. The van der Waals surface area contributed by atoms with Crippen molar-refractivity contribution in [3.8, 4) is 86.2 Å². The van der Waals surface area contributed by atoms with Crippen LogP contribution in [-0.2, 0) is 33.2 Å². The van der Waals surface area contributed by atoms with E-state index in [0.29, 0.717) is 144 Å². The molecular formula is C111H126I2N4O26. The number of nitrogen functional groups attached to an aromatic ring is 2. The van der Waals surface area contributed by atoms with Gasteiger partial charge in [-0.2, -0.15) is 0 Å². The molecule has 11 aromatic rings. The Kier molecular flexibility index (Phi) is 45.8. The molecule has 5 aliphatic rings. The van der Waals surface area contributed by atoms with Crippen molar-refractivity contribution in [1.82, 2.24) is 0 Å². The van der Waals surface area contributed by atoms with E-state index in [0.717, 1.165) is 78.4 Å². The predicted molar refractivity (Wildman–Crippen MR) is 567 cm³/mol. The first-order chi connectivity index (χ1) is 69.4. The third-order valence-corrected chi connectivity index (χ3v) is 23.5. The number of benzene rings is 11. The normalized spacial score (nSPS) is 15.9. The van der Waals surface area contributed by atoms with Gasteiger partial charge in [-0.3, -0.25) is 9.59 Å². The summed E-state index contributed by atoms with van der Waals surface area (Å²) in [7, 11) is 23.9. The van der Waals surface area contributed by atoms with Crippen LogP contribution in [0.15, 0.2) is 255 Å². The molecule has 0 aliphatic carbocycles. The van der Waals surface area contributed by atoms with Gasteiger partial charge < -0.3 is 126 Å². The zero-order valence-electron chi connectivity index (χ0n) is 83.8. The highest BCUT2D eigenvalue weighted by molar-refractivity contribution is 14.1. The SMILES string of the molecule is C1=COCC1.CC.CCOC(=O)c1ccc(I)cc1.CCOC(=O)c1ccc([C@@H]2C=C[C@@H](c3cc(OC)c(OC)c(OC)c3)O2)cc1.COc1cc(C2CC=CO2)cc(OC)c1OC.COc1cc(I)cc(OC)c1OC.COc1cc([C@@H]2C=C[C@@H](c3ccc(C(=O)Nc4ccccc4N)cc3)O2)cc(OC)c1OC.COc1cc([C@@H]2CC[C@@H](c3ccc(C(=O)Nc4ccccc4N)cc3)O2)cc(OC)c1OC. The Morgan fingerprint density at radius 2 is 0.629 bits per heavy atom. The van der Waals surface area contributed by atoms with Gasteiger partial charge >= 0.3 is 11.9 Å². The zero-order valence-corrected chi connectivity index (χ0v) is 88.1. The fourth-order valence-corrected chi connectivity index (χ4v) is 15.9. The van der Waals surface area contributed by atoms with Gasteiger partial charge in [-0.1, -0.05) is 98.8 Å². The summed E-state index contributed by atoms with van der Waals surface area (Å²) in [5.74, 6) is 8.04. The molecule has 11 aromatic carbocycles. The molecule has 32 heteroatoms. The third kappa shape index (κ3) is 31.2. The van der Waals surface area contributed by atoms with E-state index in [1.807, 2.05) is 184 Å². The molecule has 30 nitrogen and oxygen atoms in total. The molecule has 16 rings (SSSR count). The molecule has 7 atom stereocenters. The molecule has 143 heavy (non-hydrogen) atoms. The minimum atomic E-state index is -0.327. The Balaban J connectivity index is 0.000000195. The van der Waals surface area contributed by atoms with Crippen molar-refractivity contribution in [1.29, 1.82) is 0 Å². The van der Waals surface area contributed by atoms with Crippen molar-refractivity contribution < 1.29 is 123 Å². The standard InChI is InChI=1S/C26H28N2O5.C26H26N2O5.C22H24O6.C13H16O4.C9H11IO3.C9H9IO2.C4H6O.C2H6/c2*1-30-23-14-18(15-24(31-2)25(23)32-3)22-13-12-21(33-22)16-8-10-17(11-9-16)26(29)28-20-7-5-4-6-19(20)27;1-5-27-22(23)15-8-6-14(7-9-15)17-10-11-18(28-17)16-12-19(24-2)21(26-4)20(13-16)25-3;1-14-11-7-9(10-5-4-6-17-10)8-12(15-2)13(11)16-3;1-11-7-4-6(10)5-8(12-2)9(7)13-3;1-2-12-9(11)7-3-5-8(10)6-4-7;1-2-4-5-3-1;1-2/h4-11,14-15,21-22H,12-13,27H2,1-3H3,(H,28,29);4-15,21-22H,27H2,1-3H3,(H,28,29);6-13,17-18H,5H2,1-4H3;4,6-8,10H,5H2,1-3H3;4-5H,1-3H3;3-6H,2H2,1H3;1,3H,2,4H2;1-2H3/t2*21-,22-;17-,18-;;;;;/m000...../s1. The molecule has 0 aromatic heterocycles. The van der Waals surface area contributed by atoms with Crippen LogP contribution in [0.5, 0.6) is 86.2 Å². The van der Waals surface area contributed by atoms with Gasteiger partial charge in [0.05, 0.1) is 185 Å². The van der Waals surface area contributed by atoms with Gasteiger partial charge in [-0.15, -0.1) is 0 Å². The highest BCUT2D eigenvalue weighted by Crippen LogP contribution is 2.50. The van der Waals surface area contributed by atoms with Crippen molar-refractivity contribution in [2.24, 2.45) is 0 Å². The highest BCUT2D eigenvalue weighted by Gasteiger charge is 2.32. The smallest absolute Gasteiger partial charge is 0.338 e. The third-order valence-electron chi connectivity index (χ3n) is 22.2. The lowest BCUT2D eigenvalue weighted by molar-refractivity contribution is 0.0438. The van der Waals surface area contributed by atoms with Crippen molar-refractivity contribution in [3.63, 3.8) is 0 Å². The lowest BCUT2D eigenvalue weighted by Gasteiger charge is -2.18. The van der Waals surface area contributed by atoms with Crippen molar-refractivity contribution >= 4 is 91.7 Å². The minimum absolute atomic E-state index is 0.0312. The molecule has 760 valence electrons. The fourth-order valence-electron chi connectivity index (χ4n) is 15.0. The number of carbonyl (C=O) groups excluding carboxylic acids is 4. The second-order valence-corrected chi connectivity index (χ2v) is 33.2. The molecule has 0 radical (unpaired) electrons. The quantitative estimate of drug-likeness (QED) is 0.0141. The van der Waals surface area contributed by atoms with Crippen molar-refractivity contribution in [2.75, 3.05) is 149 Å². The molecule has 1 saturated heterocycles. The number of anilines is 4. The van der Waals surface area contributed by atoms with Gasteiger partial charge in [-0.05, 0) is 263 Å². The summed E-state index contributed by atoms with van der Waals surface area (Å²) in [5, 5.41) is 5.68. The van der Waals surface area contributed by atoms with Gasteiger partial charge in [0, 0.05) is 36.7 Å². The molecule has 5 heterocycles. The number of amides is 2. The van der Waals surface area contributed by atoms with E-state index in [2.05, 4.69) is 55.8 Å². The maximum absolute atomic E-state index is 12.6. The number of nitrogens with two attached hydrogens (primary N) is 2. The van der Waals surface area contributed by atoms with Crippen LogP contribution in [0, 0.1) is 7.14 Å². The molecule has 1 fully saturated rings. The van der Waals surface area contributed by atoms with E-state index in [1.165, 1.54) is 0 Å². The van der Waals surface area contributed by atoms with Crippen LogP contribution in [0.1, 0.15) is 176 Å². The number of esters is 2. The topological polar surface area (TPSA) is 347 Å². The number of hydrogen-bond donors (Lipinski definition) is 4. The Morgan fingerprint density at radius 1 is 0.329 bits per heavy atom. The number of carbonyl (C=O) groups is 4. The Bertz CT molecular complexity index is 5920. The summed E-state index contributed by atoms with van der Waals surface area (Å²) < 4.78 is 121. The Labute approximate surface area is 863 Å². The van der Waals surface area contributed by atoms with Crippen LogP contribution < -0.4 is 93.2 Å². The summed E-state index contributed by atoms with van der Waals surface area (Å²) in [6.07, 6.45) is 18.0. The van der Waals surface area contributed by atoms with Crippen LogP contribution in [-0.4, -0.2) is 150 Å². The minimum Gasteiger partial charge on any atom is -0.501 e. The first-order valence-corrected chi connectivity index (χ1v) is 47.9. The number of halogens is 2. The molecule has 1 unspecified atom stereocenters. The van der Waals surface area contributed by atoms with Crippen LogP contribution in [0.2, 0.25) is 0 Å². The number of rotatable bonds is 30.